The molecule has 0 fully saturated rings. The quantitative estimate of drug-likeness (QED) is 0.583. The van der Waals surface area contributed by atoms with Gasteiger partial charge in [-0.25, -0.2) is 14.2 Å². The average molecular weight is 455 g/mol. The van der Waals surface area contributed by atoms with Crippen molar-refractivity contribution in [3.8, 4) is 0 Å². The maximum atomic E-state index is 14.9. The van der Waals surface area contributed by atoms with Crippen LogP contribution in [0, 0.1) is 5.82 Å². The number of rotatable bonds is 3. The van der Waals surface area contributed by atoms with Crippen molar-refractivity contribution in [2.75, 3.05) is 5.75 Å². The van der Waals surface area contributed by atoms with Gasteiger partial charge >= 0.3 is 6.09 Å². The average Bonchev–Trinajstić information content (AvgIpc) is 3.11. The number of hydrogen-bond acceptors (Lipinski definition) is 5. The number of thioether (sulfide) groups is 1. The van der Waals surface area contributed by atoms with E-state index in [2.05, 4.69) is 10.3 Å². The van der Waals surface area contributed by atoms with Crippen LogP contribution in [-0.2, 0) is 16.7 Å². The summed E-state index contributed by atoms with van der Waals surface area (Å²) >= 11 is 1.43. The number of imidazole rings is 1. The van der Waals surface area contributed by atoms with Crippen LogP contribution in [0.3, 0.4) is 0 Å². The van der Waals surface area contributed by atoms with Crippen molar-refractivity contribution in [2.45, 2.75) is 51.7 Å². The van der Waals surface area contributed by atoms with Gasteiger partial charge in [0.05, 0.1) is 17.3 Å². The fourth-order valence-electron chi connectivity index (χ4n) is 3.72. The number of hydrogen-bond donors (Lipinski definition) is 1. The predicted octanol–water partition coefficient (Wildman–Crippen LogP) is 5.30. The fourth-order valence-corrected chi connectivity index (χ4v) is 4.83. The maximum Gasteiger partial charge on any atom is 0.413 e. The molecule has 1 aliphatic rings. The number of aromatic nitrogens is 2. The number of amidine groups is 1. The summed E-state index contributed by atoms with van der Waals surface area (Å²) in [6, 6.07) is 11.1. The number of alkyl carbamates (subject to hydrolysis) is 1. The number of aliphatic imine (C=N–C) groups is 1. The van der Waals surface area contributed by atoms with Crippen LogP contribution in [-0.4, -0.2) is 32.0 Å². The Hall–Kier alpha value is -2.87. The minimum absolute atomic E-state index is 0.309. The molecule has 0 saturated carbocycles. The van der Waals surface area contributed by atoms with Crippen molar-refractivity contribution in [2.24, 2.45) is 4.99 Å². The lowest BCUT2D eigenvalue weighted by molar-refractivity contribution is 0.0564. The number of amides is 1. The van der Waals surface area contributed by atoms with E-state index < -0.39 is 17.2 Å². The molecule has 0 aliphatic carbocycles. The van der Waals surface area contributed by atoms with Gasteiger partial charge in [0.2, 0.25) is 0 Å². The predicted molar refractivity (Wildman–Crippen MR) is 126 cm³/mol. The van der Waals surface area contributed by atoms with Crippen molar-refractivity contribution >= 4 is 28.5 Å². The van der Waals surface area contributed by atoms with Gasteiger partial charge in [-0.1, -0.05) is 23.9 Å². The molecule has 1 N–H and O–H groups in total. The first-order chi connectivity index (χ1) is 15.1. The lowest BCUT2D eigenvalue weighted by Crippen LogP contribution is -2.38. The Morgan fingerprint density at radius 1 is 1.31 bits per heavy atom. The standard InChI is InChI=1S/C24H27FN4O2S/c1-23(2,3)31-22(30)27-21-28-24(4,10-12-32-21)18-13-16(8-9-19(18)25)14-20-26-15-17-7-5-6-11-29(17)20/h5-9,11,13,15H,10,12,14H2,1-4H3,(H,27,28,30)/t24-/m0/s1. The minimum Gasteiger partial charge on any atom is -0.444 e. The highest BCUT2D eigenvalue weighted by Crippen LogP contribution is 2.37. The Labute approximate surface area is 191 Å². The number of nitrogens with zero attached hydrogens (tertiary/aromatic N) is 3. The number of pyridine rings is 1. The number of nitrogens with one attached hydrogen (secondary N) is 1. The summed E-state index contributed by atoms with van der Waals surface area (Å²) < 4.78 is 22.3. The second-order valence-corrected chi connectivity index (χ2v) is 10.2. The van der Waals surface area contributed by atoms with E-state index >= 15 is 0 Å². The Morgan fingerprint density at radius 2 is 2.12 bits per heavy atom. The molecule has 0 saturated heterocycles. The molecule has 4 rings (SSSR count). The van der Waals surface area contributed by atoms with Crippen LogP contribution < -0.4 is 5.32 Å². The van der Waals surface area contributed by atoms with Crippen molar-refractivity contribution in [1.82, 2.24) is 14.7 Å². The third kappa shape index (κ3) is 4.96. The van der Waals surface area contributed by atoms with E-state index in [-0.39, 0.29) is 5.82 Å². The van der Waals surface area contributed by atoms with E-state index in [1.165, 1.54) is 17.8 Å². The van der Waals surface area contributed by atoms with Gasteiger partial charge in [-0.3, -0.25) is 10.3 Å². The van der Waals surface area contributed by atoms with Crippen LogP contribution in [0.2, 0.25) is 0 Å². The highest BCUT2D eigenvalue weighted by Gasteiger charge is 2.33. The molecule has 6 nitrogen and oxygen atoms in total. The number of ether oxygens (including phenoxy) is 1. The molecule has 2 aromatic heterocycles. The molecule has 1 aromatic carbocycles. The first-order valence-electron chi connectivity index (χ1n) is 10.6. The van der Waals surface area contributed by atoms with Crippen molar-refractivity contribution < 1.29 is 13.9 Å². The minimum atomic E-state index is -0.787. The lowest BCUT2D eigenvalue weighted by atomic mass is 9.88. The van der Waals surface area contributed by atoms with Crippen molar-refractivity contribution in [3.63, 3.8) is 0 Å². The molecule has 8 heteroatoms. The lowest BCUT2D eigenvalue weighted by Gasteiger charge is -2.31. The zero-order chi connectivity index (χ0) is 22.9. The van der Waals surface area contributed by atoms with Gasteiger partial charge in [0, 0.05) is 23.9 Å². The molecule has 1 amide bonds. The fraction of sp³-hybridized carbons (Fsp3) is 0.375. The summed E-state index contributed by atoms with van der Waals surface area (Å²) in [6.45, 7) is 7.31. The van der Waals surface area contributed by atoms with Gasteiger partial charge in [-0.2, -0.15) is 0 Å². The van der Waals surface area contributed by atoms with E-state index in [0.29, 0.717) is 29.3 Å². The smallest absolute Gasteiger partial charge is 0.413 e. The number of carbonyl (C=O) groups is 1. The number of halogens is 1. The van der Waals surface area contributed by atoms with E-state index in [9.17, 15) is 9.18 Å². The monoisotopic (exact) mass is 454 g/mol. The van der Waals surface area contributed by atoms with E-state index in [1.54, 1.807) is 26.8 Å². The normalized spacial score (nSPS) is 19.0. The van der Waals surface area contributed by atoms with Crippen LogP contribution in [0.25, 0.3) is 5.52 Å². The first-order valence-corrected chi connectivity index (χ1v) is 11.5. The van der Waals surface area contributed by atoms with E-state index in [4.69, 9.17) is 9.73 Å². The van der Waals surface area contributed by atoms with Crippen LogP contribution in [0.5, 0.6) is 0 Å². The Morgan fingerprint density at radius 3 is 2.91 bits per heavy atom. The summed E-state index contributed by atoms with van der Waals surface area (Å²) in [6.07, 6.45) is 4.47. The Balaban J connectivity index is 1.60. The van der Waals surface area contributed by atoms with Gasteiger partial charge < -0.3 is 9.14 Å². The molecular weight excluding hydrogens is 427 g/mol. The van der Waals surface area contributed by atoms with Crippen molar-refractivity contribution in [1.29, 1.82) is 0 Å². The van der Waals surface area contributed by atoms with Crippen LogP contribution in [0.1, 0.15) is 51.1 Å². The Kier molecular flexibility index (Phi) is 5.99. The van der Waals surface area contributed by atoms with Crippen LogP contribution in [0.4, 0.5) is 9.18 Å². The summed E-state index contributed by atoms with van der Waals surface area (Å²) in [5, 5.41) is 3.15. The summed E-state index contributed by atoms with van der Waals surface area (Å²) in [4.78, 5) is 21.4. The molecule has 168 valence electrons. The van der Waals surface area contributed by atoms with Gasteiger partial charge in [0.25, 0.3) is 0 Å². The zero-order valence-electron chi connectivity index (χ0n) is 18.7. The number of benzene rings is 1. The highest BCUT2D eigenvalue weighted by molar-refractivity contribution is 8.13. The maximum absolute atomic E-state index is 14.9. The molecule has 1 aliphatic heterocycles. The van der Waals surface area contributed by atoms with Gasteiger partial charge in [0.1, 0.15) is 17.2 Å². The first kappa shape index (κ1) is 22.3. The van der Waals surface area contributed by atoms with Crippen LogP contribution >= 0.6 is 11.8 Å². The van der Waals surface area contributed by atoms with E-state index in [0.717, 1.165) is 16.9 Å². The zero-order valence-corrected chi connectivity index (χ0v) is 19.5. The Bertz CT molecular complexity index is 1180. The molecular formula is C24H27FN4O2S. The molecule has 0 unspecified atom stereocenters. The summed E-state index contributed by atoms with van der Waals surface area (Å²) in [7, 11) is 0. The number of fused-ring (bicyclic) bond motifs is 1. The third-order valence-corrected chi connectivity index (χ3v) is 6.15. The molecule has 3 aromatic rings. The molecule has 0 bridgehead atoms. The van der Waals surface area contributed by atoms with Gasteiger partial charge in [-0.15, -0.1) is 0 Å². The second-order valence-electron chi connectivity index (χ2n) is 9.08. The SMILES string of the molecule is CC(C)(C)OC(=O)NC1=N[C@](C)(c2cc(Cc3ncc4ccccn34)ccc2F)CCS1. The second kappa shape index (κ2) is 8.58. The van der Waals surface area contributed by atoms with E-state index in [1.807, 2.05) is 48.0 Å². The molecule has 3 heterocycles. The van der Waals surface area contributed by atoms with Crippen LogP contribution in [0.15, 0.2) is 53.8 Å². The van der Waals surface area contributed by atoms with Gasteiger partial charge in [0.15, 0.2) is 5.17 Å². The molecule has 32 heavy (non-hydrogen) atoms. The third-order valence-electron chi connectivity index (χ3n) is 5.27. The topological polar surface area (TPSA) is 68.0 Å². The number of carbonyl (C=O) groups excluding carboxylic acids is 1. The molecule has 1 atom stereocenters. The summed E-state index contributed by atoms with van der Waals surface area (Å²) in [5.74, 6) is 1.29. The summed E-state index contributed by atoms with van der Waals surface area (Å²) in [5.41, 5.74) is 1.09. The highest BCUT2D eigenvalue weighted by atomic mass is 32.2. The van der Waals surface area contributed by atoms with Crippen molar-refractivity contribution in [3.05, 3.63) is 71.6 Å². The van der Waals surface area contributed by atoms with Gasteiger partial charge in [-0.05, 0) is 63.9 Å². The largest absolute Gasteiger partial charge is 0.444 e. The molecule has 0 spiro atoms. The molecule has 0 radical (unpaired) electrons.